The third-order valence-corrected chi connectivity index (χ3v) is 5.90. The molecule has 2 saturated heterocycles. The summed E-state index contributed by atoms with van der Waals surface area (Å²) in [5, 5.41) is 10.8. The van der Waals surface area contributed by atoms with E-state index >= 15 is 0 Å². The SMILES string of the molecule is O=C(C=Cc1ccccc1)N1CCC[C@]2(C1)CN(c1cnccn1)CC[C@H]2O. The van der Waals surface area contributed by atoms with Crippen molar-refractivity contribution in [3.8, 4) is 0 Å². The van der Waals surface area contributed by atoms with E-state index in [1.165, 1.54) is 0 Å². The molecule has 0 radical (unpaired) electrons. The zero-order valence-corrected chi connectivity index (χ0v) is 15.9. The number of hydrogen-bond acceptors (Lipinski definition) is 5. The molecular weight excluding hydrogens is 352 g/mol. The summed E-state index contributed by atoms with van der Waals surface area (Å²) >= 11 is 0. The van der Waals surface area contributed by atoms with Gasteiger partial charge in [-0.2, -0.15) is 0 Å². The Kier molecular flexibility index (Phi) is 5.39. The fourth-order valence-corrected chi connectivity index (χ4v) is 4.39. The van der Waals surface area contributed by atoms with Crippen LogP contribution in [0.25, 0.3) is 6.08 Å². The number of hydrogen-bond donors (Lipinski definition) is 1. The number of aliphatic hydroxyl groups excluding tert-OH is 1. The number of anilines is 1. The molecule has 4 rings (SSSR count). The van der Waals surface area contributed by atoms with E-state index in [9.17, 15) is 9.90 Å². The highest BCUT2D eigenvalue weighted by Crippen LogP contribution is 2.39. The van der Waals surface area contributed by atoms with Gasteiger partial charge in [0.05, 0.1) is 12.3 Å². The van der Waals surface area contributed by atoms with Gasteiger partial charge < -0.3 is 14.9 Å². The van der Waals surface area contributed by atoms with Crippen LogP contribution in [0.2, 0.25) is 0 Å². The van der Waals surface area contributed by atoms with Gasteiger partial charge in [0.25, 0.3) is 0 Å². The first-order valence-corrected chi connectivity index (χ1v) is 9.87. The van der Waals surface area contributed by atoms with Gasteiger partial charge in [0.2, 0.25) is 5.91 Å². The molecular formula is C22H26N4O2. The number of amides is 1. The molecule has 1 spiro atoms. The number of nitrogens with zero attached hydrogens (tertiary/aromatic N) is 4. The van der Waals surface area contributed by atoms with E-state index in [0.29, 0.717) is 19.5 Å². The van der Waals surface area contributed by atoms with E-state index in [-0.39, 0.29) is 11.3 Å². The van der Waals surface area contributed by atoms with Crippen molar-refractivity contribution >= 4 is 17.8 Å². The predicted molar refractivity (Wildman–Crippen MR) is 109 cm³/mol. The molecule has 2 aromatic rings. The smallest absolute Gasteiger partial charge is 0.246 e. The molecule has 2 fully saturated rings. The van der Waals surface area contributed by atoms with Gasteiger partial charge in [-0.3, -0.25) is 9.78 Å². The number of piperidine rings is 2. The molecule has 1 aromatic heterocycles. The van der Waals surface area contributed by atoms with Gasteiger partial charge in [-0.05, 0) is 30.9 Å². The molecule has 146 valence electrons. The van der Waals surface area contributed by atoms with Gasteiger partial charge in [0, 0.05) is 50.1 Å². The first-order chi connectivity index (χ1) is 13.7. The molecule has 1 amide bonds. The zero-order valence-electron chi connectivity index (χ0n) is 15.9. The molecule has 6 nitrogen and oxygen atoms in total. The predicted octanol–water partition coefficient (Wildman–Crippen LogP) is 2.37. The number of aliphatic hydroxyl groups is 1. The minimum Gasteiger partial charge on any atom is -0.392 e. The van der Waals surface area contributed by atoms with Crippen LogP contribution in [0.5, 0.6) is 0 Å². The van der Waals surface area contributed by atoms with Crippen LogP contribution in [0.15, 0.2) is 55.0 Å². The minimum atomic E-state index is -0.408. The van der Waals surface area contributed by atoms with Crippen molar-refractivity contribution in [1.82, 2.24) is 14.9 Å². The molecule has 2 aliphatic rings. The van der Waals surface area contributed by atoms with Crippen LogP contribution in [0.1, 0.15) is 24.8 Å². The molecule has 0 unspecified atom stereocenters. The first kappa shape index (κ1) is 18.6. The Morgan fingerprint density at radius 1 is 1.18 bits per heavy atom. The average Bonchev–Trinajstić information content (AvgIpc) is 2.75. The summed E-state index contributed by atoms with van der Waals surface area (Å²) in [5.74, 6) is 0.841. The van der Waals surface area contributed by atoms with Crippen LogP contribution in [0, 0.1) is 5.41 Å². The van der Waals surface area contributed by atoms with E-state index in [0.717, 1.165) is 37.3 Å². The highest BCUT2D eigenvalue weighted by Gasteiger charge is 2.46. The average molecular weight is 378 g/mol. The number of carbonyl (C=O) groups is 1. The van der Waals surface area contributed by atoms with Crippen LogP contribution in [-0.2, 0) is 4.79 Å². The number of likely N-dealkylation sites (tertiary alicyclic amines) is 1. The standard InChI is InChI=1S/C22H26N4O2/c27-19-9-14-25(20-15-23-11-12-24-20)16-22(19)10-4-13-26(17-22)21(28)8-7-18-5-2-1-3-6-18/h1-3,5-8,11-12,15,19,27H,4,9-10,13-14,16-17H2/t19-,22-/m1/s1. The second-order valence-electron chi connectivity index (χ2n) is 7.76. The van der Waals surface area contributed by atoms with Gasteiger partial charge >= 0.3 is 0 Å². The van der Waals surface area contributed by atoms with Crippen molar-refractivity contribution in [2.24, 2.45) is 5.41 Å². The lowest BCUT2D eigenvalue weighted by atomic mass is 9.71. The molecule has 6 heteroatoms. The lowest BCUT2D eigenvalue weighted by molar-refractivity contribution is -0.132. The Balaban J connectivity index is 1.48. The molecule has 0 saturated carbocycles. The number of carbonyl (C=O) groups excluding carboxylic acids is 1. The molecule has 0 aliphatic carbocycles. The summed E-state index contributed by atoms with van der Waals surface area (Å²) in [6.45, 7) is 2.75. The van der Waals surface area contributed by atoms with Crippen molar-refractivity contribution in [3.05, 3.63) is 60.6 Å². The molecule has 1 aromatic carbocycles. The Bertz CT molecular complexity index is 827. The van der Waals surface area contributed by atoms with E-state index < -0.39 is 6.10 Å². The van der Waals surface area contributed by atoms with Crippen molar-refractivity contribution < 1.29 is 9.90 Å². The van der Waals surface area contributed by atoms with E-state index in [4.69, 9.17) is 0 Å². The number of aromatic nitrogens is 2. The third kappa shape index (κ3) is 3.92. The third-order valence-electron chi connectivity index (χ3n) is 5.90. The van der Waals surface area contributed by atoms with Crippen molar-refractivity contribution in [2.75, 3.05) is 31.1 Å². The maximum Gasteiger partial charge on any atom is 0.246 e. The Morgan fingerprint density at radius 3 is 2.82 bits per heavy atom. The van der Waals surface area contributed by atoms with Gasteiger partial charge in [-0.15, -0.1) is 0 Å². The Labute approximate surface area is 165 Å². The lowest BCUT2D eigenvalue weighted by Crippen LogP contribution is -2.60. The van der Waals surface area contributed by atoms with Crippen molar-refractivity contribution in [3.63, 3.8) is 0 Å². The van der Waals surface area contributed by atoms with E-state index in [1.807, 2.05) is 41.3 Å². The quantitative estimate of drug-likeness (QED) is 0.831. The number of benzene rings is 1. The Morgan fingerprint density at radius 2 is 2.04 bits per heavy atom. The van der Waals surface area contributed by atoms with Crippen LogP contribution < -0.4 is 4.90 Å². The lowest BCUT2D eigenvalue weighted by Gasteiger charge is -2.51. The number of rotatable bonds is 3. The molecule has 2 aliphatic heterocycles. The highest BCUT2D eigenvalue weighted by molar-refractivity contribution is 5.91. The topological polar surface area (TPSA) is 69.6 Å². The van der Waals surface area contributed by atoms with Crippen molar-refractivity contribution in [1.29, 1.82) is 0 Å². The largest absolute Gasteiger partial charge is 0.392 e. The van der Waals surface area contributed by atoms with Crippen LogP contribution in [-0.4, -0.2) is 58.2 Å². The summed E-state index contributed by atoms with van der Waals surface area (Å²) < 4.78 is 0. The summed E-state index contributed by atoms with van der Waals surface area (Å²) in [4.78, 5) is 25.4. The highest BCUT2D eigenvalue weighted by atomic mass is 16.3. The van der Waals surface area contributed by atoms with Crippen molar-refractivity contribution in [2.45, 2.75) is 25.4 Å². The van der Waals surface area contributed by atoms with Crippen LogP contribution >= 0.6 is 0 Å². The summed E-state index contributed by atoms with van der Waals surface area (Å²) in [6.07, 6.45) is 10.7. The van der Waals surface area contributed by atoms with Gasteiger partial charge in [0.15, 0.2) is 0 Å². The van der Waals surface area contributed by atoms with E-state index in [1.54, 1.807) is 24.7 Å². The first-order valence-electron chi connectivity index (χ1n) is 9.87. The molecule has 1 N–H and O–H groups in total. The normalized spacial score (nSPS) is 25.4. The maximum absolute atomic E-state index is 12.8. The second kappa shape index (κ2) is 8.10. The fraction of sp³-hybridized carbons (Fsp3) is 0.409. The fourth-order valence-electron chi connectivity index (χ4n) is 4.39. The maximum atomic E-state index is 12.8. The molecule has 2 atom stereocenters. The molecule has 0 bridgehead atoms. The minimum absolute atomic E-state index is 0.00625. The van der Waals surface area contributed by atoms with Crippen LogP contribution in [0.3, 0.4) is 0 Å². The molecule has 3 heterocycles. The summed E-state index contributed by atoms with van der Waals surface area (Å²) in [7, 11) is 0. The van der Waals surface area contributed by atoms with Gasteiger partial charge in [0.1, 0.15) is 5.82 Å². The monoisotopic (exact) mass is 378 g/mol. The molecule has 28 heavy (non-hydrogen) atoms. The zero-order chi connectivity index (χ0) is 19.4. The second-order valence-corrected chi connectivity index (χ2v) is 7.76. The Hall–Kier alpha value is -2.73. The van der Waals surface area contributed by atoms with Crippen LogP contribution in [0.4, 0.5) is 5.82 Å². The van der Waals surface area contributed by atoms with Gasteiger partial charge in [-0.25, -0.2) is 4.98 Å². The van der Waals surface area contributed by atoms with Gasteiger partial charge in [-0.1, -0.05) is 30.3 Å². The summed E-state index contributed by atoms with van der Waals surface area (Å²) in [5.41, 5.74) is 0.693. The van der Waals surface area contributed by atoms with E-state index in [2.05, 4.69) is 14.9 Å². The summed E-state index contributed by atoms with van der Waals surface area (Å²) in [6, 6.07) is 9.83.